The van der Waals surface area contributed by atoms with Gasteiger partial charge in [-0.1, -0.05) is 0 Å². The Labute approximate surface area is 118 Å². The van der Waals surface area contributed by atoms with E-state index in [-0.39, 0.29) is 28.5 Å². The molecule has 0 saturated heterocycles. The van der Waals surface area contributed by atoms with Crippen molar-refractivity contribution in [3.8, 4) is 0 Å². The maximum Gasteiger partial charge on any atom is 0.335 e. The molecule has 7 nitrogen and oxygen atoms in total. The fraction of sp³-hybridized carbons (Fsp3) is 0.0769. The standard InChI is InChI=1S/C13H10FN3O4/c1-7-11(17(20)21)4-5-12(15-7)16-10-3-2-8(13(18)19)6-9(10)14/h2-6H,1H3,(H,15,16)(H,18,19). The molecule has 1 aromatic heterocycles. The fourth-order valence-electron chi connectivity index (χ4n) is 1.70. The molecule has 0 saturated carbocycles. The number of rotatable bonds is 4. The predicted molar refractivity (Wildman–Crippen MR) is 72.3 cm³/mol. The van der Waals surface area contributed by atoms with Gasteiger partial charge in [-0.3, -0.25) is 10.1 Å². The van der Waals surface area contributed by atoms with Crippen molar-refractivity contribution in [2.24, 2.45) is 0 Å². The highest BCUT2D eigenvalue weighted by Gasteiger charge is 2.13. The van der Waals surface area contributed by atoms with E-state index in [2.05, 4.69) is 10.3 Å². The summed E-state index contributed by atoms with van der Waals surface area (Å²) >= 11 is 0. The fourth-order valence-corrected chi connectivity index (χ4v) is 1.70. The number of hydrogen-bond acceptors (Lipinski definition) is 5. The molecule has 0 spiro atoms. The van der Waals surface area contributed by atoms with Crippen molar-refractivity contribution in [2.45, 2.75) is 6.92 Å². The molecule has 0 atom stereocenters. The maximum atomic E-state index is 13.7. The van der Waals surface area contributed by atoms with Crippen molar-refractivity contribution in [1.82, 2.24) is 4.98 Å². The van der Waals surface area contributed by atoms with E-state index in [0.717, 1.165) is 6.07 Å². The molecule has 0 radical (unpaired) electrons. The molecule has 0 aliphatic carbocycles. The lowest BCUT2D eigenvalue weighted by Gasteiger charge is -2.08. The number of pyridine rings is 1. The number of aromatic nitrogens is 1. The Morgan fingerprint density at radius 3 is 2.62 bits per heavy atom. The van der Waals surface area contributed by atoms with Crippen molar-refractivity contribution in [2.75, 3.05) is 5.32 Å². The number of carboxylic acid groups (broad SMARTS) is 1. The summed E-state index contributed by atoms with van der Waals surface area (Å²) in [5, 5.41) is 22.1. The lowest BCUT2D eigenvalue weighted by molar-refractivity contribution is -0.385. The molecule has 0 fully saturated rings. The third kappa shape index (κ3) is 3.11. The smallest absolute Gasteiger partial charge is 0.335 e. The van der Waals surface area contributed by atoms with Crippen molar-refractivity contribution in [3.63, 3.8) is 0 Å². The van der Waals surface area contributed by atoms with Crippen LogP contribution in [0.1, 0.15) is 16.1 Å². The molecule has 8 heteroatoms. The molecular weight excluding hydrogens is 281 g/mol. The number of anilines is 2. The summed E-state index contributed by atoms with van der Waals surface area (Å²) in [4.78, 5) is 24.8. The van der Waals surface area contributed by atoms with Gasteiger partial charge in [0.15, 0.2) is 0 Å². The first kappa shape index (κ1) is 14.4. The van der Waals surface area contributed by atoms with Crippen molar-refractivity contribution in [3.05, 3.63) is 57.5 Å². The number of aryl methyl sites for hydroxylation is 1. The van der Waals surface area contributed by atoms with E-state index in [1.165, 1.54) is 31.2 Å². The number of nitro groups is 1. The van der Waals surface area contributed by atoms with Gasteiger partial charge >= 0.3 is 5.97 Å². The SMILES string of the molecule is Cc1nc(Nc2ccc(C(=O)O)cc2F)ccc1[N+](=O)[O-]. The molecule has 2 N–H and O–H groups in total. The van der Waals surface area contributed by atoms with Crippen LogP contribution in [-0.2, 0) is 0 Å². The van der Waals surface area contributed by atoms with Gasteiger partial charge in [0.1, 0.15) is 17.3 Å². The minimum absolute atomic E-state index is 0.0285. The van der Waals surface area contributed by atoms with Crippen LogP contribution in [0.25, 0.3) is 0 Å². The monoisotopic (exact) mass is 291 g/mol. The van der Waals surface area contributed by atoms with E-state index >= 15 is 0 Å². The highest BCUT2D eigenvalue weighted by molar-refractivity contribution is 5.88. The Hall–Kier alpha value is -3.03. The van der Waals surface area contributed by atoms with Crippen LogP contribution in [-0.4, -0.2) is 21.0 Å². The minimum Gasteiger partial charge on any atom is -0.478 e. The molecule has 0 unspecified atom stereocenters. The largest absolute Gasteiger partial charge is 0.478 e. The molecule has 108 valence electrons. The molecule has 0 amide bonds. The summed E-state index contributed by atoms with van der Waals surface area (Å²) in [5.41, 5.74) is -0.0959. The van der Waals surface area contributed by atoms with Crippen LogP contribution in [0.15, 0.2) is 30.3 Å². The molecule has 2 rings (SSSR count). The number of nitrogens with one attached hydrogen (secondary N) is 1. The lowest BCUT2D eigenvalue weighted by atomic mass is 10.2. The average molecular weight is 291 g/mol. The Morgan fingerprint density at radius 2 is 2.10 bits per heavy atom. The second-order valence-corrected chi connectivity index (χ2v) is 4.18. The number of benzene rings is 1. The van der Waals surface area contributed by atoms with Gasteiger partial charge in [-0.15, -0.1) is 0 Å². The van der Waals surface area contributed by atoms with Crippen LogP contribution in [0.4, 0.5) is 21.6 Å². The van der Waals surface area contributed by atoms with Gasteiger partial charge < -0.3 is 10.4 Å². The molecule has 2 aromatic rings. The number of hydrogen-bond donors (Lipinski definition) is 2. The average Bonchev–Trinajstić information content (AvgIpc) is 2.40. The van der Waals surface area contributed by atoms with E-state index < -0.39 is 16.7 Å². The normalized spacial score (nSPS) is 10.2. The van der Waals surface area contributed by atoms with E-state index in [9.17, 15) is 19.3 Å². The highest BCUT2D eigenvalue weighted by atomic mass is 19.1. The second kappa shape index (κ2) is 5.53. The molecule has 0 bridgehead atoms. The quantitative estimate of drug-likeness (QED) is 0.662. The summed E-state index contributed by atoms with van der Waals surface area (Å²) in [6.45, 7) is 1.47. The van der Waals surface area contributed by atoms with Crippen molar-refractivity contribution in [1.29, 1.82) is 0 Å². The Morgan fingerprint density at radius 1 is 1.38 bits per heavy atom. The van der Waals surface area contributed by atoms with E-state index in [0.29, 0.717) is 0 Å². The van der Waals surface area contributed by atoms with E-state index in [1.54, 1.807) is 0 Å². The molecule has 1 heterocycles. The van der Waals surface area contributed by atoms with Crippen LogP contribution in [0, 0.1) is 22.9 Å². The maximum absolute atomic E-state index is 13.7. The third-order valence-electron chi connectivity index (χ3n) is 2.73. The van der Waals surface area contributed by atoms with Gasteiger partial charge in [0.05, 0.1) is 16.2 Å². The van der Waals surface area contributed by atoms with Crippen LogP contribution < -0.4 is 5.32 Å². The summed E-state index contributed by atoms with van der Waals surface area (Å²) in [6.07, 6.45) is 0. The van der Waals surface area contributed by atoms with Gasteiger partial charge in [-0.05, 0) is 31.2 Å². The van der Waals surface area contributed by atoms with Crippen LogP contribution in [0.3, 0.4) is 0 Å². The topological polar surface area (TPSA) is 105 Å². The van der Waals surface area contributed by atoms with Crippen LogP contribution in [0.5, 0.6) is 0 Å². The molecule has 21 heavy (non-hydrogen) atoms. The zero-order valence-electron chi connectivity index (χ0n) is 10.8. The van der Waals surface area contributed by atoms with Gasteiger partial charge in [0.2, 0.25) is 0 Å². The lowest BCUT2D eigenvalue weighted by Crippen LogP contribution is -2.02. The summed E-state index contributed by atoms with van der Waals surface area (Å²) in [7, 11) is 0. The number of nitrogens with zero attached hydrogens (tertiary/aromatic N) is 2. The van der Waals surface area contributed by atoms with Gasteiger partial charge in [0, 0.05) is 6.07 Å². The number of carboxylic acids is 1. The second-order valence-electron chi connectivity index (χ2n) is 4.18. The molecule has 0 aliphatic heterocycles. The number of carbonyl (C=O) groups is 1. The predicted octanol–water partition coefficient (Wildman–Crippen LogP) is 2.88. The Kier molecular flexibility index (Phi) is 3.79. The number of aromatic carboxylic acids is 1. The van der Waals surface area contributed by atoms with Gasteiger partial charge in [-0.2, -0.15) is 0 Å². The number of halogens is 1. The van der Waals surface area contributed by atoms with Crippen LogP contribution in [0.2, 0.25) is 0 Å². The van der Waals surface area contributed by atoms with Crippen molar-refractivity contribution >= 4 is 23.2 Å². The first-order valence-electron chi connectivity index (χ1n) is 5.80. The first-order chi connectivity index (χ1) is 9.88. The summed E-state index contributed by atoms with van der Waals surface area (Å²) < 4.78 is 13.7. The minimum atomic E-state index is -1.23. The Balaban J connectivity index is 2.28. The first-order valence-corrected chi connectivity index (χ1v) is 5.80. The molecule has 1 aromatic carbocycles. The zero-order valence-corrected chi connectivity index (χ0v) is 10.8. The Bertz CT molecular complexity index is 733. The summed E-state index contributed by atoms with van der Waals surface area (Å²) in [5.74, 6) is -1.77. The van der Waals surface area contributed by atoms with Crippen LogP contribution >= 0.6 is 0 Å². The highest BCUT2D eigenvalue weighted by Crippen LogP contribution is 2.23. The summed E-state index contributed by atoms with van der Waals surface area (Å²) in [6, 6.07) is 5.98. The van der Waals surface area contributed by atoms with Gasteiger partial charge in [-0.25, -0.2) is 14.2 Å². The van der Waals surface area contributed by atoms with Crippen molar-refractivity contribution < 1.29 is 19.2 Å². The third-order valence-corrected chi connectivity index (χ3v) is 2.73. The van der Waals surface area contributed by atoms with E-state index in [1.807, 2.05) is 0 Å². The van der Waals surface area contributed by atoms with Gasteiger partial charge in [0.25, 0.3) is 5.69 Å². The molecule has 0 aliphatic rings. The molecular formula is C13H10FN3O4. The zero-order chi connectivity index (χ0) is 15.6. The van der Waals surface area contributed by atoms with E-state index in [4.69, 9.17) is 5.11 Å².